The molecule has 0 amide bonds. The first-order valence-corrected chi connectivity index (χ1v) is 24.8. The molecule has 5 aliphatic rings. The number of unbranched alkanes of at least 4 members (excludes halogenated alkanes) is 8. The lowest BCUT2D eigenvalue weighted by Gasteiger charge is -2.36. The van der Waals surface area contributed by atoms with E-state index in [9.17, 15) is 20.1 Å². The average molecular weight is 905 g/mol. The molecule has 352 valence electrons. The van der Waals surface area contributed by atoms with Crippen molar-refractivity contribution in [3.8, 4) is 46.0 Å². The summed E-state index contributed by atoms with van der Waals surface area (Å²) in [7, 11) is -3.94. The lowest BCUT2D eigenvalue weighted by Crippen LogP contribution is -2.39. The summed E-state index contributed by atoms with van der Waals surface area (Å²) in [6.45, 7) is 7.96. The fraction of sp³-hybridized carbons (Fsp3) is 0.538. The van der Waals surface area contributed by atoms with Crippen molar-refractivity contribution in [2.75, 3.05) is 27.2 Å². The lowest BCUT2D eigenvalue weighted by molar-refractivity contribution is 0.1000. The summed E-state index contributed by atoms with van der Waals surface area (Å²) < 4.78 is 52.3. The minimum Gasteiger partial charge on any atom is -0.457 e. The van der Waals surface area contributed by atoms with Crippen LogP contribution in [-0.4, -0.2) is 61.5 Å². The Morgan fingerprint density at radius 2 is 0.591 bits per heavy atom. The second-order valence-corrected chi connectivity index (χ2v) is 18.7. The zero-order chi connectivity index (χ0) is 45.9. The van der Waals surface area contributed by atoms with Gasteiger partial charge >= 0.3 is 14.2 Å². The highest BCUT2D eigenvalue weighted by Crippen LogP contribution is 2.54. The van der Waals surface area contributed by atoms with Crippen molar-refractivity contribution >= 4 is 25.2 Å². The molecule has 0 saturated heterocycles. The maximum absolute atomic E-state index is 11.5. The van der Waals surface area contributed by atoms with Crippen LogP contribution in [0.1, 0.15) is 199 Å². The van der Waals surface area contributed by atoms with Crippen molar-refractivity contribution in [3.63, 3.8) is 0 Å². The Kier molecular flexibility index (Phi) is 14.5. The van der Waals surface area contributed by atoms with Gasteiger partial charge in [0.15, 0.2) is 0 Å². The Bertz CT molecular complexity index is 2220. The summed E-state index contributed by atoms with van der Waals surface area (Å²) in [4.78, 5) is 0. The van der Waals surface area contributed by atoms with Gasteiger partial charge in [-0.15, -0.1) is 0 Å². The highest BCUT2D eigenvalue weighted by Gasteiger charge is 2.42. The van der Waals surface area contributed by atoms with Crippen molar-refractivity contribution in [1.82, 2.24) is 0 Å². The van der Waals surface area contributed by atoms with E-state index < -0.39 is 20.2 Å². The zero-order valence-electron chi connectivity index (χ0n) is 39.1. The van der Waals surface area contributed by atoms with Crippen LogP contribution in [0.15, 0.2) is 36.4 Å². The molecule has 4 N–H and O–H groups in total. The molecular weight excluding hydrogens is 838 g/mol. The van der Waals surface area contributed by atoms with Crippen LogP contribution in [0.4, 0.5) is 0 Å². The van der Waals surface area contributed by atoms with Gasteiger partial charge in [-0.2, -0.15) is 0 Å². The van der Waals surface area contributed by atoms with E-state index in [0.29, 0.717) is 40.9 Å². The number of benzene rings is 4. The Labute approximate surface area is 390 Å². The summed E-state index contributed by atoms with van der Waals surface area (Å²) in [6.07, 6.45) is 14.6. The van der Waals surface area contributed by atoms with Crippen molar-refractivity contribution in [3.05, 3.63) is 80.9 Å². The van der Waals surface area contributed by atoms with Crippen LogP contribution in [0, 0.1) is 0 Å². The van der Waals surface area contributed by atoms with Gasteiger partial charge in [0.05, 0.1) is 10.9 Å². The van der Waals surface area contributed by atoms with Crippen molar-refractivity contribution in [2.45, 2.75) is 154 Å². The second kappa shape index (κ2) is 20.6. The van der Waals surface area contributed by atoms with Gasteiger partial charge in [0.1, 0.15) is 46.0 Å². The van der Waals surface area contributed by atoms with Crippen LogP contribution in [-0.2, 0) is 0 Å². The Hall–Kier alpha value is -4.75. The van der Waals surface area contributed by atoms with E-state index in [2.05, 4.69) is 52.0 Å². The third-order valence-corrected chi connectivity index (χ3v) is 14.5. The first-order valence-electron chi connectivity index (χ1n) is 24.8. The van der Waals surface area contributed by atoms with Crippen LogP contribution < -0.4 is 48.8 Å². The molecule has 4 heterocycles. The molecule has 4 aromatic rings. The molecule has 0 saturated carbocycles. The van der Waals surface area contributed by atoms with Crippen LogP contribution >= 0.6 is 0 Å². The van der Waals surface area contributed by atoms with E-state index in [1.54, 1.807) is 0 Å². The fourth-order valence-electron chi connectivity index (χ4n) is 11.3. The van der Waals surface area contributed by atoms with Crippen molar-refractivity contribution in [2.24, 2.45) is 0 Å². The highest BCUT2D eigenvalue weighted by atomic mass is 16.7. The quantitative estimate of drug-likeness (QED) is 0.0556. The van der Waals surface area contributed by atoms with Crippen molar-refractivity contribution in [1.29, 1.82) is 0 Å². The third kappa shape index (κ3) is 8.79. The highest BCUT2D eigenvalue weighted by molar-refractivity contribution is 6.61. The SMILES string of the molecule is CCCCCC1c2cc3c4cc2OCOc2cc5c(cc21)C(CCCCC)c1cc2c(c(B(O)O)c1OCO5)OCOc1c(cc(c(c1B(O)O)OCO4)C3CCCCC)C2CCCCC. The van der Waals surface area contributed by atoms with Crippen LogP contribution in [0.5, 0.6) is 46.0 Å². The zero-order valence-corrected chi connectivity index (χ0v) is 39.1. The van der Waals surface area contributed by atoms with Gasteiger partial charge in [-0.3, -0.25) is 0 Å². The van der Waals surface area contributed by atoms with Gasteiger partial charge in [-0.25, -0.2) is 0 Å². The molecule has 14 heteroatoms. The lowest BCUT2D eigenvalue weighted by atomic mass is 9.68. The molecule has 66 heavy (non-hydrogen) atoms. The normalized spacial score (nSPS) is 19.4. The molecule has 2 unspecified atom stereocenters. The van der Waals surface area contributed by atoms with Gasteiger partial charge in [-0.05, 0) is 49.9 Å². The van der Waals surface area contributed by atoms with Crippen LogP contribution in [0.25, 0.3) is 0 Å². The smallest absolute Gasteiger partial charge is 0.457 e. The first kappa shape index (κ1) is 46.4. The van der Waals surface area contributed by atoms with E-state index in [-0.39, 0.29) is 67.4 Å². The predicted molar refractivity (Wildman–Crippen MR) is 254 cm³/mol. The topological polar surface area (TPSA) is 155 Å². The van der Waals surface area contributed by atoms with E-state index in [1.165, 1.54) is 0 Å². The maximum Gasteiger partial charge on any atom is 0.496 e. The van der Waals surface area contributed by atoms with E-state index in [4.69, 9.17) is 37.9 Å². The number of ether oxygens (including phenoxy) is 8. The summed E-state index contributed by atoms with van der Waals surface area (Å²) >= 11 is 0. The van der Waals surface area contributed by atoms with Crippen molar-refractivity contribution < 1.29 is 58.0 Å². The van der Waals surface area contributed by atoms with Gasteiger partial charge in [-0.1, -0.05) is 105 Å². The molecule has 4 aromatic carbocycles. The van der Waals surface area contributed by atoms with E-state index in [1.807, 2.05) is 12.1 Å². The number of rotatable bonds is 18. The number of hydrogen-bond donors (Lipinski definition) is 4. The Morgan fingerprint density at radius 1 is 0.348 bits per heavy atom. The minimum atomic E-state index is -1.97. The first-order chi connectivity index (χ1) is 32.3. The van der Waals surface area contributed by atoms with E-state index in [0.717, 1.165) is 141 Å². The third-order valence-electron chi connectivity index (χ3n) is 14.5. The number of hydrogen-bond acceptors (Lipinski definition) is 12. The van der Waals surface area contributed by atoms with Crippen LogP contribution in [0.2, 0.25) is 0 Å². The maximum atomic E-state index is 11.5. The molecule has 12 nitrogen and oxygen atoms in total. The molecule has 0 fully saturated rings. The molecule has 0 aromatic heterocycles. The van der Waals surface area contributed by atoms with Gasteiger partial charge in [0.2, 0.25) is 27.2 Å². The summed E-state index contributed by atoms with van der Waals surface area (Å²) in [5.74, 6) is 2.67. The Balaban J connectivity index is 1.45. The largest absolute Gasteiger partial charge is 0.496 e. The molecule has 9 rings (SSSR count). The summed E-state index contributed by atoms with van der Waals surface area (Å²) in [6, 6.07) is 12.9. The monoisotopic (exact) mass is 904 g/mol. The fourth-order valence-corrected chi connectivity index (χ4v) is 11.3. The molecule has 1 aliphatic carbocycles. The van der Waals surface area contributed by atoms with Crippen LogP contribution in [0.3, 0.4) is 0 Å². The summed E-state index contributed by atoms with van der Waals surface area (Å²) in [5.41, 5.74) is 7.40. The average Bonchev–Trinajstić information content (AvgIpc) is 3.28. The summed E-state index contributed by atoms with van der Waals surface area (Å²) in [5, 5.41) is 46.1. The molecule has 2 atom stereocenters. The Morgan fingerprint density at radius 3 is 0.879 bits per heavy atom. The standard InChI is InChI=1S/C52H66B2O12/c1-5-9-13-17-31-35-21-37-32(18-14-10-6-2)39-23-41-34(20-16-12-8-4)42-24-40-33(19-15-11-7-3)38-22-36(31)44-26-46(38)62-29-64-50(40)48(54(57)58)52(42)66-30-65-51(41)47(53(55)56)49(39)63-28-61-45(37)25-43(35)59-27-60-44/h21-26,31-34,55-58H,5-20,27-30H2,1-4H3. The molecule has 0 radical (unpaired) electrons. The second-order valence-electron chi connectivity index (χ2n) is 18.7. The van der Waals surface area contributed by atoms with Gasteiger partial charge in [0.25, 0.3) is 0 Å². The molecule has 8 bridgehead atoms. The molecule has 4 aliphatic heterocycles. The van der Waals surface area contributed by atoms with E-state index >= 15 is 0 Å². The predicted octanol–water partition coefficient (Wildman–Crippen LogP) is 9.12. The van der Waals surface area contributed by atoms with Gasteiger partial charge < -0.3 is 58.0 Å². The molecular formula is C52H66B2O12. The molecule has 0 spiro atoms. The van der Waals surface area contributed by atoms with Gasteiger partial charge in [0, 0.05) is 80.3 Å². The minimum absolute atomic E-state index is 0.0367.